The fraction of sp³-hybridized carbons (Fsp3) is 0.333. The molecule has 2 N–H and O–H groups in total. The highest BCUT2D eigenvalue weighted by Gasteiger charge is 2.16. The summed E-state index contributed by atoms with van der Waals surface area (Å²) in [6.45, 7) is 0.110. The van der Waals surface area contributed by atoms with E-state index in [-0.39, 0.29) is 18.9 Å². The molecule has 1 unspecified atom stereocenters. The minimum absolute atomic E-state index is 0.110. The van der Waals surface area contributed by atoms with Crippen LogP contribution in [0.4, 0.5) is 0 Å². The van der Waals surface area contributed by atoms with Gasteiger partial charge in [-0.1, -0.05) is 0 Å². The molecule has 0 fully saturated rings. The Morgan fingerprint density at radius 1 is 1.50 bits per heavy atom. The van der Waals surface area contributed by atoms with Crippen LogP contribution >= 0.6 is 0 Å². The summed E-state index contributed by atoms with van der Waals surface area (Å²) in [7, 11) is 1.40. The number of carbonyl (C=O) groups is 2. The van der Waals surface area contributed by atoms with Gasteiger partial charge in [-0.2, -0.15) is 5.10 Å². The lowest BCUT2D eigenvalue weighted by Gasteiger charge is -2.13. The van der Waals surface area contributed by atoms with Gasteiger partial charge in [0.25, 0.3) is 5.91 Å². The van der Waals surface area contributed by atoms with Gasteiger partial charge in [0.05, 0.1) is 36.0 Å². The largest absolute Gasteiger partial charge is 0.481 e. The van der Waals surface area contributed by atoms with Crippen LogP contribution in [0.1, 0.15) is 16.8 Å². The molecule has 0 radical (unpaired) electrons. The number of carboxylic acid groups (broad SMARTS) is 1. The highest BCUT2D eigenvalue weighted by Crippen LogP contribution is 2.08. The summed E-state index contributed by atoms with van der Waals surface area (Å²) < 4.78 is 6.52. The maximum absolute atomic E-state index is 12.0. The monoisotopic (exact) mass is 278 g/mol. The van der Waals surface area contributed by atoms with Gasteiger partial charge in [0.1, 0.15) is 0 Å². The molecule has 0 bridgehead atoms. The second-order valence-corrected chi connectivity index (χ2v) is 4.13. The Balaban J connectivity index is 2.03. The molecule has 20 heavy (non-hydrogen) atoms. The van der Waals surface area contributed by atoms with Crippen molar-refractivity contribution in [3.8, 4) is 0 Å². The van der Waals surface area contributed by atoms with Gasteiger partial charge in [0.15, 0.2) is 0 Å². The van der Waals surface area contributed by atoms with E-state index in [1.165, 1.54) is 24.0 Å². The summed E-state index contributed by atoms with van der Waals surface area (Å²) in [5, 5.41) is 15.3. The molecule has 0 aliphatic rings. The standard InChI is InChI=1S/C12H14N4O4/c1-20-8(4-11(17)18)5-14-12(19)9-6-15-16-3-2-13-7-10(9)16/h2-3,6-8H,4-5H2,1H3,(H,14,19)(H,17,18). The zero-order valence-corrected chi connectivity index (χ0v) is 10.8. The second kappa shape index (κ2) is 6.11. The van der Waals surface area contributed by atoms with Gasteiger partial charge in [-0.3, -0.25) is 14.6 Å². The number of amides is 1. The van der Waals surface area contributed by atoms with Crippen molar-refractivity contribution in [1.82, 2.24) is 19.9 Å². The molecule has 0 aliphatic heterocycles. The van der Waals surface area contributed by atoms with E-state index in [4.69, 9.17) is 9.84 Å². The smallest absolute Gasteiger partial charge is 0.306 e. The Labute approximate surface area is 114 Å². The molecule has 1 amide bonds. The lowest BCUT2D eigenvalue weighted by Crippen LogP contribution is -2.34. The van der Waals surface area contributed by atoms with E-state index in [1.54, 1.807) is 12.4 Å². The SMILES string of the molecule is COC(CNC(=O)c1cnn2ccncc12)CC(=O)O. The zero-order valence-electron chi connectivity index (χ0n) is 10.8. The molecule has 0 aliphatic carbocycles. The maximum atomic E-state index is 12.0. The minimum atomic E-state index is -0.980. The molecule has 0 spiro atoms. The maximum Gasteiger partial charge on any atom is 0.306 e. The lowest BCUT2D eigenvalue weighted by molar-refractivity contribution is -0.139. The third-order valence-electron chi connectivity index (χ3n) is 2.80. The number of hydrogen-bond donors (Lipinski definition) is 2. The van der Waals surface area contributed by atoms with Crippen molar-refractivity contribution >= 4 is 17.4 Å². The molecule has 2 aromatic heterocycles. The fourth-order valence-electron chi connectivity index (χ4n) is 1.74. The van der Waals surface area contributed by atoms with Crippen molar-refractivity contribution in [1.29, 1.82) is 0 Å². The zero-order chi connectivity index (χ0) is 14.5. The Morgan fingerprint density at radius 2 is 2.30 bits per heavy atom. The molecular formula is C12H14N4O4. The van der Waals surface area contributed by atoms with E-state index in [0.29, 0.717) is 11.1 Å². The average Bonchev–Trinajstić information content (AvgIpc) is 2.86. The van der Waals surface area contributed by atoms with E-state index >= 15 is 0 Å². The van der Waals surface area contributed by atoms with Crippen molar-refractivity contribution in [3.05, 3.63) is 30.4 Å². The van der Waals surface area contributed by atoms with Crippen molar-refractivity contribution in [2.45, 2.75) is 12.5 Å². The summed E-state index contributed by atoms with van der Waals surface area (Å²) in [6, 6.07) is 0. The fourth-order valence-corrected chi connectivity index (χ4v) is 1.74. The van der Waals surface area contributed by atoms with Gasteiger partial charge in [0.2, 0.25) is 0 Å². The number of ether oxygens (including phenoxy) is 1. The molecule has 0 aromatic carbocycles. The van der Waals surface area contributed by atoms with Gasteiger partial charge in [-0.25, -0.2) is 4.52 Å². The molecule has 2 aromatic rings. The van der Waals surface area contributed by atoms with Crippen molar-refractivity contribution in [2.24, 2.45) is 0 Å². The van der Waals surface area contributed by atoms with Crippen LogP contribution in [0.25, 0.3) is 5.52 Å². The summed E-state index contributed by atoms with van der Waals surface area (Å²) in [5.41, 5.74) is 0.959. The van der Waals surface area contributed by atoms with Crippen LogP contribution < -0.4 is 5.32 Å². The van der Waals surface area contributed by atoms with Gasteiger partial charge in [-0.05, 0) is 0 Å². The molecule has 0 saturated carbocycles. The Bertz CT molecular complexity index is 625. The van der Waals surface area contributed by atoms with E-state index in [1.807, 2.05) is 0 Å². The van der Waals surface area contributed by atoms with Crippen molar-refractivity contribution in [3.63, 3.8) is 0 Å². The number of fused-ring (bicyclic) bond motifs is 1. The number of carbonyl (C=O) groups excluding carboxylic acids is 1. The molecule has 8 heteroatoms. The number of aromatic nitrogens is 3. The first-order chi connectivity index (χ1) is 9.61. The van der Waals surface area contributed by atoms with E-state index in [2.05, 4.69) is 15.4 Å². The first-order valence-corrected chi connectivity index (χ1v) is 5.92. The van der Waals surface area contributed by atoms with Gasteiger partial charge >= 0.3 is 5.97 Å². The average molecular weight is 278 g/mol. The number of nitrogens with zero attached hydrogens (tertiary/aromatic N) is 3. The van der Waals surface area contributed by atoms with Crippen LogP contribution in [0.15, 0.2) is 24.8 Å². The molecule has 2 rings (SSSR count). The van der Waals surface area contributed by atoms with Gasteiger partial charge < -0.3 is 15.2 Å². The van der Waals surface area contributed by atoms with Crippen LogP contribution in [-0.2, 0) is 9.53 Å². The molecule has 8 nitrogen and oxygen atoms in total. The summed E-state index contributed by atoms with van der Waals surface area (Å²) in [4.78, 5) is 26.6. The number of carboxylic acids is 1. The highest BCUT2D eigenvalue weighted by molar-refractivity contribution is 6.00. The van der Waals surface area contributed by atoms with E-state index in [0.717, 1.165) is 0 Å². The second-order valence-electron chi connectivity index (χ2n) is 4.13. The molecule has 0 saturated heterocycles. The van der Waals surface area contributed by atoms with Crippen LogP contribution in [0.5, 0.6) is 0 Å². The predicted molar refractivity (Wildman–Crippen MR) is 68.4 cm³/mol. The van der Waals surface area contributed by atoms with Crippen LogP contribution in [-0.4, -0.2) is 51.3 Å². The Kier molecular flexibility index (Phi) is 4.26. The topological polar surface area (TPSA) is 106 Å². The molecule has 106 valence electrons. The van der Waals surface area contributed by atoms with Gasteiger partial charge in [-0.15, -0.1) is 0 Å². The number of aliphatic carboxylic acids is 1. The summed E-state index contributed by atoms with van der Waals surface area (Å²) in [5.74, 6) is -1.33. The lowest BCUT2D eigenvalue weighted by atomic mass is 10.2. The molecular weight excluding hydrogens is 264 g/mol. The highest BCUT2D eigenvalue weighted by atomic mass is 16.5. The summed E-state index contributed by atoms with van der Waals surface area (Å²) >= 11 is 0. The van der Waals surface area contributed by atoms with E-state index in [9.17, 15) is 9.59 Å². The van der Waals surface area contributed by atoms with Crippen molar-refractivity contribution < 1.29 is 19.4 Å². The van der Waals surface area contributed by atoms with Crippen molar-refractivity contribution in [2.75, 3.05) is 13.7 Å². The Hall–Kier alpha value is -2.48. The number of methoxy groups -OCH3 is 1. The van der Waals surface area contributed by atoms with Gasteiger partial charge in [0, 0.05) is 26.0 Å². The quantitative estimate of drug-likeness (QED) is 0.767. The normalized spacial score (nSPS) is 12.2. The minimum Gasteiger partial charge on any atom is -0.481 e. The summed E-state index contributed by atoms with van der Waals surface area (Å²) in [6.07, 6.45) is 5.42. The van der Waals surface area contributed by atoms with Crippen LogP contribution in [0.3, 0.4) is 0 Å². The molecule has 2 heterocycles. The van der Waals surface area contributed by atoms with E-state index < -0.39 is 12.1 Å². The number of rotatable bonds is 6. The number of hydrogen-bond acceptors (Lipinski definition) is 5. The Morgan fingerprint density at radius 3 is 3.00 bits per heavy atom. The third-order valence-corrected chi connectivity index (χ3v) is 2.80. The van der Waals surface area contributed by atoms with Crippen LogP contribution in [0.2, 0.25) is 0 Å². The number of nitrogens with one attached hydrogen (secondary N) is 1. The molecule has 1 atom stereocenters. The third kappa shape index (κ3) is 3.09. The first kappa shape index (κ1) is 13.9. The van der Waals surface area contributed by atoms with Crippen LogP contribution in [0, 0.1) is 0 Å². The predicted octanol–water partition coefficient (Wildman–Crippen LogP) is -0.0512. The first-order valence-electron chi connectivity index (χ1n) is 5.92.